The van der Waals surface area contributed by atoms with Crippen LogP contribution >= 0.6 is 0 Å². The molecule has 5 nitrogen and oxygen atoms in total. The van der Waals surface area contributed by atoms with Crippen LogP contribution in [-0.4, -0.2) is 23.5 Å². The molecule has 3 saturated heterocycles. The molecule has 5 heteroatoms. The molecule has 0 unspecified atom stereocenters. The molecular weight excluding hydrogens is 536 g/mol. The number of carbonyl (C=O) groups is 2. The van der Waals surface area contributed by atoms with Gasteiger partial charge in [-0.1, -0.05) is 154 Å². The van der Waals surface area contributed by atoms with E-state index in [1.54, 1.807) is 0 Å². The van der Waals surface area contributed by atoms with E-state index in [4.69, 9.17) is 14.2 Å². The predicted octanol–water partition coefficient (Wildman–Crippen LogP) is 10.5. The molecule has 0 radical (unpaired) electrons. The number of ether oxygens (including phenoxy) is 3. The second-order valence-electron chi connectivity index (χ2n) is 14.4. The summed E-state index contributed by atoms with van der Waals surface area (Å²) >= 11 is 0. The van der Waals surface area contributed by atoms with Gasteiger partial charge in [-0.05, 0) is 25.2 Å². The minimum absolute atomic E-state index is 0.0762. The van der Waals surface area contributed by atoms with Crippen LogP contribution in [0.25, 0.3) is 0 Å². The lowest BCUT2D eigenvalue weighted by atomic mass is 9.55. The third kappa shape index (κ3) is 7.79. The molecule has 244 valence electrons. The van der Waals surface area contributed by atoms with Crippen LogP contribution < -0.4 is 0 Å². The van der Waals surface area contributed by atoms with Gasteiger partial charge in [0.1, 0.15) is 5.41 Å². The Morgan fingerprint density at radius 2 is 1.19 bits per heavy atom. The minimum Gasteiger partial charge on any atom is -0.432 e. The van der Waals surface area contributed by atoms with Gasteiger partial charge in [0.15, 0.2) is 0 Å². The van der Waals surface area contributed by atoms with E-state index < -0.39 is 17.0 Å². The van der Waals surface area contributed by atoms with Crippen molar-refractivity contribution in [3.8, 4) is 0 Å². The highest BCUT2D eigenvalue weighted by atomic mass is 16.8. The van der Waals surface area contributed by atoms with Gasteiger partial charge in [-0.25, -0.2) is 4.79 Å². The fourth-order valence-electron chi connectivity index (χ4n) is 8.65. The number of hydrogen-bond acceptors (Lipinski definition) is 5. The molecule has 43 heavy (non-hydrogen) atoms. The van der Waals surface area contributed by atoms with Crippen LogP contribution in [-0.2, 0) is 23.8 Å². The number of rotatable bonds is 23. The van der Waals surface area contributed by atoms with Gasteiger partial charge in [0, 0.05) is 19.4 Å². The zero-order valence-electron chi connectivity index (χ0n) is 28.1. The Hall–Kier alpha value is -1.62. The van der Waals surface area contributed by atoms with E-state index in [1.165, 1.54) is 109 Å². The molecule has 3 aliphatic heterocycles. The van der Waals surface area contributed by atoms with E-state index in [1.807, 2.05) is 13.8 Å². The zero-order valence-corrected chi connectivity index (χ0v) is 28.1. The maximum atomic E-state index is 13.9. The van der Waals surface area contributed by atoms with Gasteiger partial charge in [-0.2, -0.15) is 0 Å². The molecule has 0 aromatic heterocycles. The van der Waals surface area contributed by atoms with Crippen molar-refractivity contribution in [2.75, 3.05) is 0 Å². The van der Waals surface area contributed by atoms with Crippen molar-refractivity contribution in [1.29, 1.82) is 0 Å². The average molecular weight is 599 g/mol. The quantitative estimate of drug-likeness (QED) is 0.0665. The van der Waals surface area contributed by atoms with Crippen molar-refractivity contribution >= 4 is 11.9 Å². The van der Waals surface area contributed by atoms with Crippen LogP contribution in [0.1, 0.15) is 169 Å². The third-order valence-electron chi connectivity index (χ3n) is 10.9. The van der Waals surface area contributed by atoms with Crippen LogP contribution in [0.2, 0.25) is 0 Å². The van der Waals surface area contributed by atoms with E-state index in [2.05, 4.69) is 32.1 Å². The maximum Gasteiger partial charge on any atom is 0.336 e. The molecule has 4 rings (SSSR count). The van der Waals surface area contributed by atoms with Crippen molar-refractivity contribution in [1.82, 2.24) is 0 Å². The summed E-state index contributed by atoms with van der Waals surface area (Å²) in [6, 6.07) is 0. The summed E-state index contributed by atoms with van der Waals surface area (Å²) in [4.78, 5) is 26.8. The Bertz CT molecular complexity index is 969. The monoisotopic (exact) mass is 598 g/mol. The number of esters is 2. The highest BCUT2D eigenvalue weighted by Gasteiger charge is 2.80. The topological polar surface area (TPSA) is 61.8 Å². The van der Waals surface area contributed by atoms with Crippen LogP contribution in [0.5, 0.6) is 0 Å². The second kappa shape index (κ2) is 16.1. The first-order valence-electron chi connectivity index (χ1n) is 18.4. The molecule has 0 N–H and O–H groups in total. The Morgan fingerprint density at radius 3 is 1.74 bits per heavy atom. The first-order chi connectivity index (χ1) is 20.8. The maximum absolute atomic E-state index is 13.9. The third-order valence-corrected chi connectivity index (χ3v) is 10.9. The molecule has 0 saturated carbocycles. The highest BCUT2D eigenvalue weighted by molar-refractivity contribution is 5.95. The van der Waals surface area contributed by atoms with E-state index in [0.717, 1.165) is 32.1 Å². The van der Waals surface area contributed by atoms with Gasteiger partial charge in [0.05, 0.1) is 11.8 Å². The van der Waals surface area contributed by atoms with Crippen molar-refractivity contribution in [3.05, 3.63) is 23.8 Å². The second-order valence-corrected chi connectivity index (χ2v) is 14.4. The van der Waals surface area contributed by atoms with Crippen LogP contribution in [0.15, 0.2) is 23.8 Å². The van der Waals surface area contributed by atoms with Crippen molar-refractivity contribution in [3.63, 3.8) is 0 Å². The molecule has 1 aliphatic carbocycles. The van der Waals surface area contributed by atoms with E-state index in [0.29, 0.717) is 5.57 Å². The average Bonchev–Trinajstić information content (AvgIpc) is 3.44. The lowest BCUT2D eigenvalue weighted by molar-refractivity contribution is -0.280. The van der Waals surface area contributed by atoms with E-state index in [-0.39, 0.29) is 29.7 Å². The lowest BCUT2D eigenvalue weighted by Crippen LogP contribution is -2.47. The minimum atomic E-state index is -1.08. The summed E-state index contributed by atoms with van der Waals surface area (Å²) in [7, 11) is 0. The highest BCUT2D eigenvalue weighted by Crippen LogP contribution is 2.69. The molecule has 0 aromatic rings. The first-order valence-corrected chi connectivity index (χ1v) is 18.4. The number of hydrogen-bond donors (Lipinski definition) is 0. The molecule has 6 atom stereocenters. The standard InChI is InChI=1S/C38H62O5/c1-5-7-9-11-13-15-17-18-20-22-24-26-28-38-30(27-25-23-21-19-16-14-12-10-8-6-2)29-31-32-33(38)37(4,42-35(38)40)43-36(32,3)41-34(31)39/h26,28-30,32-33H,5-25,27H2,1-4H3/b28-26+/t30-,32-,33+,36+,37-,38+/m0/s1. The number of unbranched alkanes of at least 4 members (excludes halogenated alkanes) is 19. The predicted molar refractivity (Wildman–Crippen MR) is 173 cm³/mol. The Balaban J connectivity index is 1.34. The van der Waals surface area contributed by atoms with Gasteiger partial charge in [0.2, 0.25) is 11.6 Å². The summed E-state index contributed by atoms with van der Waals surface area (Å²) in [6.45, 7) is 8.26. The Morgan fingerprint density at radius 1 is 0.674 bits per heavy atom. The Kier molecular flexibility index (Phi) is 12.8. The summed E-state index contributed by atoms with van der Waals surface area (Å²) in [5, 5.41) is 0. The van der Waals surface area contributed by atoms with Gasteiger partial charge in [-0.3, -0.25) is 9.53 Å². The van der Waals surface area contributed by atoms with Crippen LogP contribution in [0.4, 0.5) is 0 Å². The van der Waals surface area contributed by atoms with Gasteiger partial charge < -0.3 is 9.47 Å². The van der Waals surface area contributed by atoms with E-state index in [9.17, 15) is 9.59 Å². The van der Waals surface area contributed by atoms with Crippen molar-refractivity contribution in [2.24, 2.45) is 23.2 Å². The zero-order chi connectivity index (χ0) is 30.8. The molecule has 3 heterocycles. The molecule has 4 aliphatic rings. The molecule has 3 fully saturated rings. The number of allylic oxidation sites excluding steroid dienone is 2. The van der Waals surface area contributed by atoms with Gasteiger partial charge in [-0.15, -0.1) is 0 Å². The van der Waals surface area contributed by atoms with Gasteiger partial charge >= 0.3 is 11.9 Å². The van der Waals surface area contributed by atoms with Crippen molar-refractivity contribution < 1.29 is 23.8 Å². The normalized spacial score (nSPS) is 32.4. The smallest absolute Gasteiger partial charge is 0.336 e. The summed E-state index contributed by atoms with van der Waals surface area (Å²) in [5.41, 5.74) is -0.0998. The fourth-order valence-corrected chi connectivity index (χ4v) is 8.65. The van der Waals surface area contributed by atoms with Gasteiger partial charge in [0.25, 0.3) is 0 Å². The summed E-state index contributed by atoms with van der Waals surface area (Å²) < 4.78 is 18.2. The van der Waals surface area contributed by atoms with Crippen LogP contribution in [0, 0.1) is 23.2 Å². The number of carbonyl (C=O) groups excluding carboxylic acids is 2. The summed E-state index contributed by atoms with van der Waals surface area (Å²) in [5.74, 6) is -3.22. The SMILES string of the molecule is CCCCCCCCCCCC/C=C/[C@@]12C(=O)O[C@@]3(C)O[C@@]4(C)OC(=O)C(=C[C@@H]1CCCCCCCCCCCC)[C@H]4[C@H]32. The van der Waals surface area contributed by atoms with Crippen LogP contribution in [0.3, 0.4) is 0 Å². The molecule has 0 spiro atoms. The largest absolute Gasteiger partial charge is 0.432 e. The first kappa shape index (κ1) is 34.3. The van der Waals surface area contributed by atoms with E-state index >= 15 is 0 Å². The Labute approximate surface area is 263 Å². The fraction of sp³-hybridized carbons (Fsp3) is 0.842. The molecule has 0 bridgehead atoms. The molecular formula is C38H62O5. The summed E-state index contributed by atoms with van der Waals surface area (Å²) in [6.07, 6.45) is 34.2. The lowest BCUT2D eigenvalue weighted by Gasteiger charge is -2.41. The van der Waals surface area contributed by atoms with Crippen molar-refractivity contribution in [2.45, 2.75) is 181 Å². The molecule has 0 amide bonds. The molecule has 0 aromatic carbocycles.